The zero-order chi connectivity index (χ0) is 37.6. The molecule has 0 bridgehead atoms. The average molecular weight is 718 g/mol. The molecule has 0 aliphatic carbocycles. The number of hydrogen-bond donors (Lipinski definition) is 0. The fraction of sp³-hybridized carbons (Fsp3) is 1.00. The van der Waals surface area contributed by atoms with E-state index in [4.69, 9.17) is 0 Å². The van der Waals surface area contributed by atoms with Crippen LogP contribution in [0.15, 0.2) is 0 Å². The maximum Gasteiger partial charge on any atom is 0.0158 e. The summed E-state index contributed by atoms with van der Waals surface area (Å²) >= 11 is 0. The van der Waals surface area contributed by atoms with Gasteiger partial charge >= 0.3 is 0 Å². The number of nitrogens with zero attached hydrogens (tertiary/aromatic N) is 1. The molecule has 1 heteroatoms. The Morgan fingerprint density at radius 3 is 0.627 bits per heavy atom. The van der Waals surface area contributed by atoms with Crippen LogP contribution in [0.25, 0.3) is 0 Å². The van der Waals surface area contributed by atoms with Crippen LogP contribution in [0.5, 0.6) is 0 Å². The van der Waals surface area contributed by atoms with Gasteiger partial charge in [-0.25, -0.2) is 0 Å². The Kier molecular flexibility index (Phi) is 38.2. The Bertz CT molecular complexity index is 612. The standard InChI is InChI=1S/C50H103N/c1-8-11-14-17-20-23-26-27-28-29-30-33-36-39-42-45-48-51(49(4,5)46-43-40-37-34-31-24-21-18-15-12-9-2)50(6,7)47-44-41-38-35-32-25-22-19-16-13-10-3/h8-48H2,1-7H3. The van der Waals surface area contributed by atoms with Gasteiger partial charge in [0.15, 0.2) is 0 Å². The maximum atomic E-state index is 3.00. The summed E-state index contributed by atoms with van der Waals surface area (Å²) in [7, 11) is 0. The predicted molar refractivity (Wildman–Crippen MR) is 237 cm³/mol. The second kappa shape index (κ2) is 38.2. The first kappa shape index (κ1) is 51.0. The molecule has 1 nitrogen and oxygen atoms in total. The van der Waals surface area contributed by atoms with Crippen LogP contribution in [0.2, 0.25) is 0 Å². The highest BCUT2D eigenvalue weighted by atomic mass is 15.2. The maximum absolute atomic E-state index is 3.00. The van der Waals surface area contributed by atoms with E-state index in [0.717, 1.165) is 0 Å². The summed E-state index contributed by atoms with van der Waals surface area (Å²) in [5.74, 6) is 0. The van der Waals surface area contributed by atoms with Gasteiger partial charge in [0.1, 0.15) is 0 Å². The Balaban J connectivity index is 4.47. The van der Waals surface area contributed by atoms with Crippen molar-refractivity contribution < 1.29 is 0 Å². The molecular formula is C50H103N. The fourth-order valence-corrected chi connectivity index (χ4v) is 8.96. The van der Waals surface area contributed by atoms with Gasteiger partial charge in [0, 0.05) is 11.1 Å². The van der Waals surface area contributed by atoms with E-state index in [9.17, 15) is 0 Å². The number of unbranched alkanes of at least 4 members (excludes halogenated alkanes) is 35. The molecule has 0 radical (unpaired) electrons. The minimum atomic E-state index is 0.302. The summed E-state index contributed by atoms with van der Waals surface area (Å²) in [6.45, 7) is 18.6. The normalized spacial score (nSPS) is 12.5. The lowest BCUT2D eigenvalue weighted by molar-refractivity contribution is 0.00151. The summed E-state index contributed by atoms with van der Waals surface area (Å²) < 4.78 is 0. The summed E-state index contributed by atoms with van der Waals surface area (Å²) in [5, 5.41) is 0. The SMILES string of the molecule is CCCCCCCCCCCCCCCCCCN(C(C)(C)CCCCCCCCCCCCC)C(C)(C)CCCCCCCCCCCCC. The van der Waals surface area contributed by atoms with E-state index < -0.39 is 0 Å². The van der Waals surface area contributed by atoms with Gasteiger partial charge in [0.05, 0.1) is 0 Å². The van der Waals surface area contributed by atoms with Crippen molar-refractivity contribution in [1.82, 2.24) is 4.90 Å². The van der Waals surface area contributed by atoms with Crippen molar-refractivity contribution in [3.05, 3.63) is 0 Å². The summed E-state index contributed by atoms with van der Waals surface area (Å²) in [5.41, 5.74) is 0.603. The summed E-state index contributed by atoms with van der Waals surface area (Å²) in [4.78, 5) is 3.00. The van der Waals surface area contributed by atoms with E-state index in [1.165, 1.54) is 263 Å². The molecule has 0 atom stereocenters. The van der Waals surface area contributed by atoms with Crippen LogP contribution in [0, 0.1) is 0 Å². The van der Waals surface area contributed by atoms with E-state index in [1.54, 1.807) is 0 Å². The molecular weight excluding hydrogens is 615 g/mol. The largest absolute Gasteiger partial charge is 0.293 e. The Labute approximate surface area is 326 Å². The lowest BCUT2D eigenvalue weighted by atomic mass is 9.85. The second-order valence-corrected chi connectivity index (χ2v) is 18.7. The van der Waals surface area contributed by atoms with E-state index >= 15 is 0 Å². The first-order valence-electron chi connectivity index (χ1n) is 24.6. The molecule has 0 aliphatic heterocycles. The van der Waals surface area contributed by atoms with E-state index in [0.29, 0.717) is 11.1 Å². The Morgan fingerprint density at radius 1 is 0.235 bits per heavy atom. The van der Waals surface area contributed by atoms with E-state index in [-0.39, 0.29) is 0 Å². The number of rotatable bonds is 43. The Hall–Kier alpha value is -0.0400. The quantitative estimate of drug-likeness (QED) is 0.0568. The predicted octanol–water partition coefficient (Wildman–Crippen LogP) is 18.5. The molecule has 0 saturated carbocycles. The Morgan fingerprint density at radius 2 is 0.412 bits per heavy atom. The molecule has 51 heavy (non-hydrogen) atoms. The molecule has 0 aromatic rings. The summed E-state index contributed by atoms with van der Waals surface area (Å²) in [6, 6.07) is 0. The third-order valence-corrected chi connectivity index (χ3v) is 12.5. The lowest BCUT2D eigenvalue weighted by Gasteiger charge is -2.49. The van der Waals surface area contributed by atoms with Crippen molar-refractivity contribution in [2.45, 2.75) is 316 Å². The van der Waals surface area contributed by atoms with Crippen LogP contribution >= 0.6 is 0 Å². The smallest absolute Gasteiger partial charge is 0.0158 e. The van der Waals surface area contributed by atoms with Crippen molar-refractivity contribution in [2.24, 2.45) is 0 Å². The zero-order valence-electron chi connectivity index (χ0n) is 37.4. The number of hydrogen-bond acceptors (Lipinski definition) is 1. The minimum absolute atomic E-state index is 0.302. The van der Waals surface area contributed by atoms with Crippen molar-refractivity contribution in [1.29, 1.82) is 0 Å². The average Bonchev–Trinajstić information content (AvgIpc) is 3.10. The highest BCUT2D eigenvalue weighted by Crippen LogP contribution is 2.34. The molecule has 0 N–H and O–H groups in total. The van der Waals surface area contributed by atoms with Crippen LogP contribution in [-0.2, 0) is 0 Å². The van der Waals surface area contributed by atoms with Gasteiger partial charge in [0.2, 0.25) is 0 Å². The monoisotopic (exact) mass is 718 g/mol. The van der Waals surface area contributed by atoms with Crippen LogP contribution in [-0.4, -0.2) is 22.5 Å². The van der Waals surface area contributed by atoms with Gasteiger partial charge in [-0.05, 0) is 53.5 Å². The van der Waals surface area contributed by atoms with Crippen LogP contribution in [0.4, 0.5) is 0 Å². The fourth-order valence-electron chi connectivity index (χ4n) is 8.96. The van der Waals surface area contributed by atoms with E-state index in [1.807, 2.05) is 0 Å². The van der Waals surface area contributed by atoms with Crippen molar-refractivity contribution in [3.63, 3.8) is 0 Å². The molecule has 0 fully saturated rings. The molecule has 0 rings (SSSR count). The molecule has 0 heterocycles. The van der Waals surface area contributed by atoms with Gasteiger partial charge < -0.3 is 0 Å². The first-order valence-corrected chi connectivity index (χ1v) is 24.6. The minimum Gasteiger partial charge on any atom is -0.293 e. The third-order valence-electron chi connectivity index (χ3n) is 12.5. The highest BCUT2D eigenvalue weighted by molar-refractivity contribution is 4.92. The van der Waals surface area contributed by atoms with Crippen molar-refractivity contribution in [3.8, 4) is 0 Å². The molecule has 0 unspecified atom stereocenters. The molecule has 0 aliphatic rings. The van der Waals surface area contributed by atoms with Gasteiger partial charge in [0.25, 0.3) is 0 Å². The van der Waals surface area contributed by atoms with Crippen molar-refractivity contribution in [2.75, 3.05) is 6.54 Å². The van der Waals surface area contributed by atoms with Crippen LogP contribution in [0.3, 0.4) is 0 Å². The van der Waals surface area contributed by atoms with Gasteiger partial charge in [-0.2, -0.15) is 0 Å². The van der Waals surface area contributed by atoms with Gasteiger partial charge in [-0.3, -0.25) is 4.90 Å². The van der Waals surface area contributed by atoms with Crippen molar-refractivity contribution >= 4 is 0 Å². The molecule has 0 saturated heterocycles. The third kappa shape index (κ3) is 34.2. The molecule has 0 spiro atoms. The second-order valence-electron chi connectivity index (χ2n) is 18.7. The summed E-state index contributed by atoms with van der Waals surface area (Å²) in [6.07, 6.45) is 57.8. The van der Waals surface area contributed by atoms with E-state index in [2.05, 4.69) is 53.4 Å². The van der Waals surface area contributed by atoms with Gasteiger partial charge in [-0.1, -0.05) is 258 Å². The molecule has 0 aromatic heterocycles. The zero-order valence-corrected chi connectivity index (χ0v) is 37.4. The first-order chi connectivity index (χ1) is 24.8. The molecule has 308 valence electrons. The van der Waals surface area contributed by atoms with Crippen LogP contribution in [0.1, 0.15) is 305 Å². The topological polar surface area (TPSA) is 3.24 Å². The molecule has 0 aromatic carbocycles. The molecule has 0 amide bonds. The lowest BCUT2D eigenvalue weighted by Crippen LogP contribution is -2.55. The van der Waals surface area contributed by atoms with Gasteiger partial charge in [-0.15, -0.1) is 0 Å². The van der Waals surface area contributed by atoms with Crippen LogP contribution < -0.4 is 0 Å². The highest BCUT2D eigenvalue weighted by Gasteiger charge is 2.36.